The number of nitrogens with zero attached hydrogens (tertiary/aromatic N) is 4. The van der Waals surface area contributed by atoms with Crippen molar-refractivity contribution in [2.75, 3.05) is 6.54 Å². The van der Waals surface area contributed by atoms with Crippen molar-refractivity contribution < 1.29 is 19.5 Å². The van der Waals surface area contributed by atoms with Gasteiger partial charge in [0, 0.05) is 13.0 Å². The monoisotopic (exact) mass is 539 g/mol. The van der Waals surface area contributed by atoms with Gasteiger partial charge in [0.2, 0.25) is 11.8 Å². The van der Waals surface area contributed by atoms with Crippen molar-refractivity contribution in [2.24, 2.45) is 5.41 Å². The number of aliphatic hydroxyl groups is 1. The molecule has 0 saturated carbocycles. The number of carbonyl (C=O) groups is 3. The van der Waals surface area contributed by atoms with E-state index in [0.717, 1.165) is 21.7 Å². The number of likely N-dealkylation sites (tertiary alicyclic amines) is 1. The second-order valence-corrected chi connectivity index (χ2v) is 11.5. The van der Waals surface area contributed by atoms with E-state index < -0.39 is 35.4 Å². The summed E-state index contributed by atoms with van der Waals surface area (Å²) in [4.78, 5) is 46.4. The predicted molar refractivity (Wildman–Crippen MR) is 142 cm³/mol. The van der Waals surface area contributed by atoms with Crippen LogP contribution in [-0.4, -0.2) is 72.9 Å². The minimum absolute atomic E-state index is 0.000604. The van der Waals surface area contributed by atoms with Gasteiger partial charge in [0.15, 0.2) is 5.69 Å². The van der Waals surface area contributed by atoms with Crippen LogP contribution in [0.5, 0.6) is 0 Å². The fraction of sp³-hybridized carbons (Fsp3) is 0.462. The molecule has 202 valence electrons. The van der Waals surface area contributed by atoms with Crippen LogP contribution in [-0.2, 0) is 9.59 Å². The van der Waals surface area contributed by atoms with Gasteiger partial charge in [0.05, 0.1) is 34.4 Å². The van der Waals surface area contributed by atoms with Gasteiger partial charge in [-0.1, -0.05) is 45.0 Å². The molecule has 11 nitrogen and oxygen atoms in total. The third-order valence-electron chi connectivity index (χ3n) is 6.68. The lowest BCUT2D eigenvalue weighted by molar-refractivity contribution is -0.142. The van der Waals surface area contributed by atoms with Crippen molar-refractivity contribution in [1.82, 2.24) is 35.9 Å². The van der Waals surface area contributed by atoms with Gasteiger partial charge in [-0.05, 0) is 30.4 Å². The summed E-state index contributed by atoms with van der Waals surface area (Å²) in [6.45, 7) is 9.30. The van der Waals surface area contributed by atoms with Gasteiger partial charge in [-0.3, -0.25) is 14.4 Å². The van der Waals surface area contributed by atoms with Gasteiger partial charge in [0.25, 0.3) is 5.91 Å². The number of nitrogens with one attached hydrogen (secondary N) is 3. The normalized spacial score (nSPS) is 19.2. The molecular formula is C26H33N7O4S. The molecule has 1 fully saturated rings. The summed E-state index contributed by atoms with van der Waals surface area (Å²) < 4.78 is 0. The van der Waals surface area contributed by atoms with E-state index in [1.54, 1.807) is 11.3 Å². The summed E-state index contributed by atoms with van der Waals surface area (Å²) in [5, 5.41) is 25.9. The van der Waals surface area contributed by atoms with Gasteiger partial charge < -0.3 is 20.6 Å². The van der Waals surface area contributed by atoms with Gasteiger partial charge >= 0.3 is 0 Å². The number of β-amino-alcohol motifs (C(OH)–C–C–N with tert-alkyl or cyclic N) is 1. The third kappa shape index (κ3) is 5.91. The Morgan fingerprint density at radius 3 is 2.47 bits per heavy atom. The number of aryl methyl sites for hydroxylation is 1. The van der Waals surface area contributed by atoms with E-state index in [0.29, 0.717) is 0 Å². The quantitative estimate of drug-likeness (QED) is 0.359. The first-order valence-electron chi connectivity index (χ1n) is 12.4. The predicted octanol–water partition coefficient (Wildman–Crippen LogP) is 2.22. The Hall–Kier alpha value is -3.64. The Bertz CT molecular complexity index is 1280. The molecule has 0 radical (unpaired) electrons. The van der Waals surface area contributed by atoms with E-state index in [4.69, 9.17) is 0 Å². The Kier molecular flexibility index (Phi) is 7.93. The fourth-order valence-corrected chi connectivity index (χ4v) is 5.34. The summed E-state index contributed by atoms with van der Waals surface area (Å²) in [5.74, 6) is -1.36. The lowest BCUT2D eigenvalue weighted by Gasteiger charge is -2.35. The number of aromatic amines is 1. The van der Waals surface area contributed by atoms with Crippen molar-refractivity contribution in [3.05, 3.63) is 52.9 Å². The van der Waals surface area contributed by atoms with Crippen molar-refractivity contribution >= 4 is 29.1 Å². The van der Waals surface area contributed by atoms with Crippen LogP contribution in [0.2, 0.25) is 0 Å². The van der Waals surface area contributed by atoms with Gasteiger partial charge in [-0.2, -0.15) is 15.4 Å². The average Bonchev–Trinajstić information content (AvgIpc) is 3.62. The molecule has 3 amide bonds. The van der Waals surface area contributed by atoms with Crippen LogP contribution in [0.25, 0.3) is 10.4 Å². The molecule has 3 aromatic rings. The molecule has 38 heavy (non-hydrogen) atoms. The first-order chi connectivity index (χ1) is 18.0. The largest absolute Gasteiger partial charge is 0.391 e. The molecule has 0 bridgehead atoms. The van der Waals surface area contributed by atoms with E-state index in [2.05, 4.69) is 31.0 Å². The number of H-pyrrole nitrogens is 1. The topological polar surface area (TPSA) is 153 Å². The van der Waals surface area contributed by atoms with Gasteiger partial charge in [0.1, 0.15) is 12.1 Å². The van der Waals surface area contributed by atoms with Crippen LogP contribution < -0.4 is 10.6 Å². The minimum Gasteiger partial charge on any atom is -0.391 e. The number of aliphatic hydroxyl groups excluding tert-OH is 1. The molecule has 0 unspecified atom stereocenters. The van der Waals surface area contributed by atoms with Crippen molar-refractivity contribution in [2.45, 2.75) is 65.3 Å². The van der Waals surface area contributed by atoms with Crippen LogP contribution >= 0.6 is 11.3 Å². The number of hydrogen-bond donors (Lipinski definition) is 4. The highest BCUT2D eigenvalue weighted by atomic mass is 32.1. The maximum Gasteiger partial charge on any atom is 0.274 e. The molecule has 1 aliphatic rings. The highest BCUT2D eigenvalue weighted by Gasteiger charge is 2.44. The molecule has 4 N–H and O–H groups in total. The van der Waals surface area contributed by atoms with E-state index in [1.807, 2.05) is 64.4 Å². The molecule has 4 rings (SSSR count). The first-order valence-corrected chi connectivity index (χ1v) is 13.3. The molecule has 1 aromatic carbocycles. The molecule has 2 aromatic heterocycles. The fourth-order valence-electron chi connectivity index (χ4n) is 4.53. The lowest BCUT2D eigenvalue weighted by atomic mass is 9.85. The maximum atomic E-state index is 13.7. The van der Waals surface area contributed by atoms with Crippen LogP contribution in [0.4, 0.5) is 0 Å². The molecular weight excluding hydrogens is 506 g/mol. The third-order valence-corrected chi connectivity index (χ3v) is 7.66. The number of aromatic nitrogens is 4. The highest BCUT2D eigenvalue weighted by molar-refractivity contribution is 7.13. The number of amides is 3. The zero-order valence-electron chi connectivity index (χ0n) is 22.1. The standard InChI is InChI=1S/C26H33N7O4S/c1-14(16-6-8-17(9-7-16)21-15(2)27-13-38-21)29-24(36)20-10-18(34)12-33(20)25(37)22(26(3,4)5)30-23(35)19-11-28-32-31-19/h6-9,11,13-14,18,20,22,34H,10,12H2,1-5H3,(H,29,36)(H,30,35)(H,28,31,32)/t14-,18+,20-,22+/m0/s1. The number of carbonyl (C=O) groups excluding carboxylic acids is 3. The van der Waals surface area contributed by atoms with Crippen LogP contribution in [0.15, 0.2) is 36.0 Å². The maximum absolute atomic E-state index is 13.7. The summed E-state index contributed by atoms with van der Waals surface area (Å²) >= 11 is 1.58. The number of rotatable bonds is 7. The lowest BCUT2D eigenvalue weighted by Crippen LogP contribution is -2.57. The first kappa shape index (κ1) is 27.4. The van der Waals surface area contributed by atoms with E-state index in [9.17, 15) is 19.5 Å². The summed E-state index contributed by atoms with van der Waals surface area (Å²) in [6.07, 6.45) is 0.530. The Labute approximate surface area is 225 Å². The van der Waals surface area contributed by atoms with Crippen LogP contribution in [0.1, 0.15) is 61.9 Å². The van der Waals surface area contributed by atoms with Crippen LogP contribution in [0, 0.1) is 12.3 Å². The van der Waals surface area contributed by atoms with Crippen molar-refractivity contribution in [3.8, 4) is 10.4 Å². The SMILES string of the molecule is Cc1ncsc1-c1ccc([C@H](C)NC(=O)[C@@H]2C[C@@H](O)CN2C(=O)[C@@H](NC(=O)c2cn[nH]n2)C(C)(C)C)cc1. The number of benzene rings is 1. The van der Waals surface area contributed by atoms with Crippen molar-refractivity contribution in [3.63, 3.8) is 0 Å². The smallest absolute Gasteiger partial charge is 0.274 e. The van der Waals surface area contributed by atoms with E-state index >= 15 is 0 Å². The van der Waals surface area contributed by atoms with E-state index in [1.165, 1.54) is 11.1 Å². The zero-order valence-corrected chi connectivity index (χ0v) is 22.9. The molecule has 0 spiro atoms. The Balaban J connectivity index is 1.47. The molecule has 0 aliphatic carbocycles. The minimum atomic E-state index is -0.951. The second-order valence-electron chi connectivity index (χ2n) is 10.6. The summed E-state index contributed by atoms with van der Waals surface area (Å²) in [6, 6.07) is 5.78. The highest BCUT2D eigenvalue weighted by Crippen LogP contribution is 2.29. The van der Waals surface area contributed by atoms with Crippen molar-refractivity contribution in [1.29, 1.82) is 0 Å². The van der Waals surface area contributed by atoms with Gasteiger partial charge in [-0.25, -0.2) is 4.98 Å². The average molecular weight is 540 g/mol. The second kappa shape index (κ2) is 11.0. The van der Waals surface area contributed by atoms with Gasteiger partial charge in [-0.15, -0.1) is 11.3 Å². The number of hydrogen-bond acceptors (Lipinski definition) is 8. The molecule has 1 saturated heterocycles. The van der Waals surface area contributed by atoms with E-state index in [-0.39, 0.29) is 30.6 Å². The number of thiazole rings is 1. The zero-order chi connectivity index (χ0) is 27.6. The molecule has 12 heteroatoms. The molecule has 1 aliphatic heterocycles. The van der Waals surface area contributed by atoms with Crippen LogP contribution in [0.3, 0.4) is 0 Å². The Morgan fingerprint density at radius 2 is 1.89 bits per heavy atom. The summed E-state index contributed by atoms with van der Waals surface area (Å²) in [5.41, 5.74) is 4.13. The Morgan fingerprint density at radius 1 is 1.18 bits per heavy atom. The molecule has 4 atom stereocenters. The summed E-state index contributed by atoms with van der Waals surface area (Å²) in [7, 11) is 0. The molecule has 3 heterocycles.